The molecule has 0 bridgehead atoms. The van der Waals surface area contributed by atoms with E-state index in [2.05, 4.69) is 5.16 Å². The Morgan fingerprint density at radius 3 is 2.65 bits per heavy atom. The van der Waals surface area contributed by atoms with Gasteiger partial charge in [0.2, 0.25) is 0 Å². The Balaban J connectivity index is 1.92. The smallest absolute Gasteiger partial charge is 0.334 e. The average molecular weight is 315 g/mol. The summed E-state index contributed by atoms with van der Waals surface area (Å²) in [5.41, 5.74) is 1.78. The first kappa shape index (κ1) is 17.3. The fourth-order valence-corrected chi connectivity index (χ4v) is 2.84. The van der Waals surface area contributed by atoms with E-state index in [9.17, 15) is 4.79 Å². The van der Waals surface area contributed by atoms with E-state index in [4.69, 9.17) is 9.57 Å². The van der Waals surface area contributed by atoms with E-state index in [1.807, 2.05) is 37.3 Å². The van der Waals surface area contributed by atoms with Gasteiger partial charge in [0.05, 0.1) is 12.8 Å². The van der Waals surface area contributed by atoms with Gasteiger partial charge in [0.25, 0.3) is 0 Å². The summed E-state index contributed by atoms with van der Waals surface area (Å²) in [4.78, 5) is 17.4. The van der Waals surface area contributed by atoms with E-state index in [1.54, 1.807) is 12.3 Å². The monoisotopic (exact) mass is 315 g/mol. The first-order chi connectivity index (χ1) is 11.3. The van der Waals surface area contributed by atoms with Crippen molar-refractivity contribution in [2.45, 2.75) is 45.6 Å². The lowest BCUT2D eigenvalue weighted by Crippen LogP contribution is -2.18. The number of hydrogen-bond acceptors (Lipinski definition) is 4. The van der Waals surface area contributed by atoms with Crippen molar-refractivity contribution in [3.63, 3.8) is 0 Å². The second kappa shape index (κ2) is 9.82. The molecule has 1 aliphatic carbocycles. The normalized spacial score (nSPS) is 16.5. The van der Waals surface area contributed by atoms with E-state index < -0.39 is 0 Å². The van der Waals surface area contributed by atoms with Crippen LogP contribution in [0.3, 0.4) is 0 Å². The number of rotatable bonds is 7. The highest BCUT2D eigenvalue weighted by Gasteiger charge is 2.23. The summed E-state index contributed by atoms with van der Waals surface area (Å²) in [6.07, 6.45) is 8.99. The molecular weight excluding hydrogens is 290 g/mol. The molecule has 0 atom stereocenters. The minimum atomic E-state index is -0.228. The van der Waals surface area contributed by atoms with Gasteiger partial charge < -0.3 is 9.57 Å². The largest absolute Gasteiger partial charge is 0.463 e. The lowest BCUT2D eigenvalue weighted by molar-refractivity contribution is -0.139. The Bertz CT molecular complexity index is 531. The second-order valence-corrected chi connectivity index (χ2v) is 5.69. The average Bonchev–Trinajstić information content (AvgIpc) is 2.60. The van der Waals surface area contributed by atoms with Crippen LogP contribution in [-0.2, 0) is 21.0 Å². The van der Waals surface area contributed by atoms with Crippen molar-refractivity contribution >= 4 is 12.2 Å². The molecule has 0 spiro atoms. The molecule has 0 heterocycles. The quantitative estimate of drug-likeness (QED) is 0.327. The van der Waals surface area contributed by atoms with Crippen molar-refractivity contribution in [2.24, 2.45) is 11.1 Å². The first-order valence-corrected chi connectivity index (χ1v) is 8.37. The number of carbonyl (C=O) groups is 1. The van der Waals surface area contributed by atoms with Crippen molar-refractivity contribution in [1.29, 1.82) is 0 Å². The molecule has 0 aliphatic heterocycles. The molecule has 0 amide bonds. The van der Waals surface area contributed by atoms with Crippen molar-refractivity contribution < 1.29 is 14.4 Å². The Labute approximate surface area is 138 Å². The van der Waals surface area contributed by atoms with Gasteiger partial charge in [0.15, 0.2) is 0 Å². The lowest BCUT2D eigenvalue weighted by Gasteiger charge is -2.22. The van der Waals surface area contributed by atoms with E-state index in [0.29, 0.717) is 13.2 Å². The number of benzene rings is 1. The molecule has 0 radical (unpaired) electrons. The highest BCUT2D eigenvalue weighted by atomic mass is 16.6. The Kier molecular flexibility index (Phi) is 7.37. The molecule has 1 aromatic rings. The van der Waals surface area contributed by atoms with Crippen LogP contribution in [0.25, 0.3) is 0 Å². The van der Waals surface area contributed by atoms with Gasteiger partial charge in [-0.05, 0) is 37.3 Å². The first-order valence-electron chi connectivity index (χ1n) is 8.37. The van der Waals surface area contributed by atoms with Gasteiger partial charge in [-0.1, -0.05) is 54.8 Å². The minimum absolute atomic E-state index is 0.228. The Morgan fingerprint density at radius 1 is 1.22 bits per heavy atom. The van der Waals surface area contributed by atoms with Gasteiger partial charge in [-0.25, -0.2) is 4.79 Å². The van der Waals surface area contributed by atoms with Crippen LogP contribution >= 0.6 is 0 Å². The third-order valence-electron chi connectivity index (χ3n) is 4.02. The fourth-order valence-electron chi connectivity index (χ4n) is 2.84. The van der Waals surface area contributed by atoms with E-state index in [1.165, 1.54) is 19.3 Å². The highest BCUT2D eigenvalue weighted by Crippen LogP contribution is 2.30. The van der Waals surface area contributed by atoms with Crippen LogP contribution in [-0.4, -0.2) is 18.8 Å². The van der Waals surface area contributed by atoms with Crippen LogP contribution in [0.2, 0.25) is 0 Å². The number of oxime groups is 1. The summed E-state index contributed by atoms with van der Waals surface area (Å²) in [7, 11) is 0. The fraction of sp³-hybridized carbons (Fsp3) is 0.474. The molecule has 4 heteroatoms. The summed E-state index contributed by atoms with van der Waals surface area (Å²) in [5.74, 6) is 0.0530. The summed E-state index contributed by atoms with van der Waals surface area (Å²) < 4.78 is 5.17. The molecule has 23 heavy (non-hydrogen) atoms. The summed E-state index contributed by atoms with van der Waals surface area (Å²) >= 11 is 0. The molecule has 1 aliphatic rings. The van der Waals surface area contributed by atoms with Gasteiger partial charge in [-0.15, -0.1) is 0 Å². The molecule has 0 aromatic heterocycles. The third kappa shape index (κ3) is 5.89. The minimum Gasteiger partial charge on any atom is -0.463 e. The van der Waals surface area contributed by atoms with Crippen LogP contribution < -0.4 is 0 Å². The zero-order chi connectivity index (χ0) is 16.3. The van der Waals surface area contributed by atoms with E-state index >= 15 is 0 Å². The highest BCUT2D eigenvalue weighted by molar-refractivity contribution is 5.93. The summed E-state index contributed by atoms with van der Waals surface area (Å²) in [5, 5.41) is 3.93. The maximum absolute atomic E-state index is 12.1. The Hall–Kier alpha value is -2.10. The van der Waals surface area contributed by atoms with E-state index in [0.717, 1.165) is 24.0 Å². The molecule has 1 fully saturated rings. The summed E-state index contributed by atoms with van der Waals surface area (Å²) in [6.45, 7) is 2.64. The van der Waals surface area contributed by atoms with Gasteiger partial charge >= 0.3 is 5.97 Å². The molecule has 124 valence electrons. The number of nitrogens with zero attached hydrogens (tertiary/aromatic N) is 1. The molecule has 1 aromatic carbocycles. The van der Waals surface area contributed by atoms with Crippen LogP contribution in [0.4, 0.5) is 0 Å². The molecule has 0 saturated heterocycles. The van der Waals surface area contributed by atoms with Crippen LogP contribution in [0.5, 0.6) is 0 Å². The van der Waals surface area contributed by atoms with Gasteiger partial charge in [-0.3, -0.25) is 0 Å². The molecule has 2 rings (SSSR count). The number of carbonyl (C=O) groups excluding carboxylic acids is 1. The number of esters is 1. The molecule has 1 saturated carbocycles. The predicted octanol–water partition coefficient (Wildman–Crippen LogP) is 4.26. The van der Waals surface area contributed by atoms with Gasteiger partial charge in [0.1, 0.15) is 6.61 Å². The molecule has 0 N–H and O–H groups in total. The Morgan fingerprint density at radius 2 is 1.96 bits per heavy atom. The maximum atomic E-state index is 12.1. The lowest BCUT2D eigenvalue weighted by atomic mass is 9.83. The maximum Gasteiger partial charge on any atom is 0.334 e. The number of ether oxygens (including phenoxy) is 1. The van der Waals surface area contributed by atoms with Crippen molar-refractivity contribution in [3.05, 3.63) is 47.5 Å². The zero-order valence-electron chi connectivity index (χ0n) is 13.7. The van der Waals surface area contributed by atoms with E-state index in [-0.39, 0.29) is 11.9 Å². The van der Waals surface area contributed by atoms with Crippen molar-refractivity contribution in [1.82, 2.24) is 0 Å². The number of allylic oxidation sites excluding steroid dienone is 1. The predicted molar refractivity (Wildman–Crippen MR) is 91.0 cm³/mol. The van der Waals surface area contributed by atoms with Crippen LogP contribution in [0.15, 0.2) is 47.1 Å². The van der Waals surface area contributed by atoms with Crippen molar-refractivity contribution in [3.8, 4) is 0 Å². The second-order valence-electron chi connectivity index (χ2n) is 5.69. The van der Waals surface area contributed by atoms with Crippen molar-refractivity contribution in [2.75, 3.05) is 6.61 Å². The molecular formula is C19H25NO3. The van der Waals surface area contributed by atoms with Gasteiger partial charge in [0, 0.05) is 5.57 Å². The standard InChI is InChI=1S/C19H25NO3/c1-2-22-19(21)18(17-11-7-4-8-12-17)13-14-20-23-15-16-9-5-3-6-10-16/h3,5-6,9-10,13-14,17H,2,4,7-8,11-12,15H2,1H3/b18-13+,20-14+. The summed E-state index contributed by atoms with van der Waals surface area (Å²) in [6, 6.07) is 9.86. The SMILES string of the molecule is CCOC(=O)/C(=C/C=N/OCc1ccccc1)C1CCCCC1. The molecule has 0 unspecified atom stereocenters. The van der Waals surface area contributed by atoms with Gasteiger partial charge in [-0.2, -0.15) is 0 Å². The third-order valence-corrected chi connectivity index (χ3v) is 4.02. The van der Waals surface area contributed by atoms with Crippen LogP contribution in [0.1, 0.15) is 44.6 Å². The topological polar surface area (TPSA) is 47.9 Å². The van der Waals surface area contributed by atoms with Crippen LogP contribution in [0, 0.1) is 5.92 Å². The zero-order valence-corrected chi connectivity index (χ0v) is 13.7. The molecule has 4 nitrogen and oxygen atoms in total. The number of hydrogen-bond donors (Lipinski definition) is 0.